The molecule has 0 spiro atoms. The topological polar surface area (TPSA) is 202 Å². The van der Waals surface area contributed by atoms with Crippen molar-refractivity contribution in [3.8, 4) is 11.6 Å². The lowest BCUT2D eigenvalue weighted by Gasteiger charge is -2.07. The number of aliphatic carboxylic acids is 1. The number of carbonyl (C=O) groups is 1. The SMILES string of the molecule is CC(=O)O.Cc1cc(-n2cccc2)ncc1B(O)O.Cc1cc(-n2cccc2)ncc1Br.Cc1cc(N)ncc1Br.OC1CCC(O)O1. The maximum Gasteiger partial charge on any atom is 0.490 e. The van der Waals surface area contributed by atoms with Gasteiger partial charge in [-0.2, -0.15) is 0 Å². The molecule has 0 radical (unpaired) electrons. The lowest BCUT2D eigenvalue weighted by atomic mass is 9.79. The molecule has 6 heterocycles. The van der Waals surface area contributed by atoms with E-state index < -0.39 is 25.7 Å². The molecule has 7 N–H and O–H groups in total. The Balaban J connectivity index is 0.000000221. The van der Waals surface area contributed by atoms with Crippen LogP contribution in [-0.2, 0) is 9.53 Å². The van der Waals surface area contributed by atoms with Gasteiger partial charge >= 0.3 is 7.12 Å². The Hall–Kier alpha value is -3.90. The van der Waals surface area contributed by atoms with E-state index in [0.717, 1.165) is 38.6 Å². The van der Waals surface area contributed by atoms with Crippen molar-refractivity contribution in [1.29, 1.82) is 0 Å². The molecule has 1 saturated heterocycles. The molecular formula is C32H39BBr2N6O7. The van der Waals surface area contributed by atoms with Gasteiger partial charge in [-0.1, -0.05) is 0 Å². The first-order valence-corrected chi connectivity index (χ1v) is 16.1. The van der Waals surface area contributed by atoms with Crippen LogP contribution in [0.1, 0.15) is 36.5 Å². The van der Waals surface area contributed by atoms with Crippen LogP contribution < -0.4 is 11.2 Å². The van der Waals surface area contributed by atoms with Gasteiger partial charge in [0.05, 0.1) is 0 Å². The van der Waals surface area contributed by atoms with E-state index in [2.05, 4.69) is 58.5 Å². The van der Waals surface area contributed by atoms with Crippen LogP contribution in [0.2, 0.25) is 0 Å². The monoisotopic (exact) mass is 788 g/mol. The summed E-state index contributed by atoms with van der Waals surface area (Å²) in [6.07, 6.45) is 12.4. The number of nitrogen functional groups attached to an aromatic ring is 1. The molecule has 5 aromatic heterocycles. The van der Waals surface area contributed by atoms with E-state index in [1.807, 2.05) is 96.4 Å². The summed E-state index contributed by atoms with van der Waals surface area (Å²) in [4.78, 5) is 21.3. The number of ether oxygens (including phenoxy) is 1. The van der Waals surface area contributed by atoms with Gasteiger partial charge in [0.2, 0.25) is 0 Å². The van der Waals surface area contributed by atoms with E-state index in [0.29, 0.717) is 24.1 Å². The third-order valence-electron chi connectivity index (χ3n) is 6.23. The van der Waals surface area contributed by atoms with E-state index in [-0.39, 0.29) is 0 Å². The highest BCUT2D eigenvalue weighted by molar-refractivity contribution is 9.10. The van der Waals surface area contributed by atoms with Crippen LogP contribution in [0.15, 0.2) is 94.8 Å². The number of aliphatic hydroxyl groups excluding tert-OH is 2. The molecule has 0 amide bonds. The first-order valence-electron chi connectivity index (χ1n) is 14.5. The molecule has 13 nitrogen and oxygen atoms in total. The molecule has 6 rings (SSSR count). The van der Waals surface area contributed by atoms with Crippen LogP contribution in [0.3, 0.4) is 0 Å². The van der Waals surface area contributed by atoms with Crippen molar-refractivity contribution in [3.63, 3.8) is 0 Å². The Labute approximate surface area is 296 Å². The third kappa shape index (κ3) is 14.5. The van der Waals surface area contributed by atoms with Crippen molar-refractivity contribution in [2.75, 3.05) is 5.73 Å². The normalized spacial score (nSPS) is 14.5. The van der Waals surface area contributed by atoms with E-state index in [4.69, 9.17) is 35.9 Å². The molecule has 0 aromatic carbocycles. The average Bonchev–Trinajstić information content (AvgIpc) is 3.81. The number of halogens is 2. The molecule has 0 bridgehead atoms. The Kier molecular flexibility index (Phi) is 17.2. The number of nitrogens with zero attached hydrogens (tertiary/aromatic N) is 5. The number of anilines is 1. The fourth-order valence-corrected chi connectivity index (χ4v) is 4.20. The zero-order chi connectivity index (χ0) is 35.8. The number of aliphatic hydroxyl groups is 2. The summed E-state index contributed by atoms with van der Waals surface area (Å²) in [6, 6.07) is 13.5. The minimum absolute atomic E-state index is 0.436. The van der Waals surface area contributed by atoms with Crippen LogP contribution in [0.25, 0.3) is 11.6 Å². The average molecular weight is 790 g/mol. The van der Waals surface area contributed by atoms with Crippen molar-refractivity contribution in [1.82, 2.24) is 24.1 Å². The minimum atomic E-state index is -1.46. The summed E-state index contributed by atoms with van der Waals surface area (Å²) in [5, 5.41) is 42.5. The molecule has 0 saturated carbocycles. The summed E-state index contributed by atoms with van der Waals surface area (Å²) < 4.78 is 10.4. The smallest absolute Gasteiger partial charge is 0.481 e. The number of hydrogen-bond donors (Lipinski definition) is 6. The second-order valence-corrected chi connectivity index (χ2v) is 12.0. The molecular weight excluding hydrogens is 751 g/mol. The first-order chi connectivity index (χ1) is 22.7. The Bertz CT molecular complexity index is 1680. The van der Waals surface area contributed by atoms with Crippen LogP contribution in [0, 0.1) is 20.8 Å². The van der Waals surface area contributed by atoms with Crippen LogP contribution in [0.4, 0.5) is 5.82 Å². The van der Waals surface area contributed by atoms with Gasteiger partial charge in [0.15, 0.2) is 12.6 Å². The first kappa shape index (κ1) is 40.3. The van der Waals surface area contributed by atoms with Crippen molar-refractivity contribution in [3.05, 3.63) is 111 Å². The predicted molar refractivity (Wildman–Crippen MR) is 191 cm³/mol. The van der Waals surface area contributed by atoms with Gasteiger partial charge in [-0.25, -0.2) is 15.0 Å². The number of aromatic nitrogens is 5. The summed E-state index contributed by atoms with van der Waals surface area (Å²) in [5.74, 6) is 1.45. The van der Waals surface area contributed by atoms with Crippen LogP contribution >= 0.6 is 31.9 Å². The quantitative estimate of drug-likeness (QED) is 0.144. The highest BCUT2D eigenvalue weighted by Crippen LogP contribution is 2.17. The van der Waals surface area contributed by atoms with Crippen molar-refractivity contribution in [2.24, 2.45) is 0 Å². The standard InChI is InChI=1S/C10H11BN2O2.C10H9BrN2.C6H7BrN2.C4H8O3.C2H4O2/c1-8-6-10(13-4-2-3-5-13)12-7-9(8)11(14)15;1-8-6-10(12-7-9(8)11)13-4-2-3-5-13;1-4-2-6(8)9-3-5(4)7;5-3-1-2-4(6)7-3;1-2(3)4/h2-7,14-15H,1H3;2-7H,1H3;2-3H,1H3,(H2,8,9);3-6H,1-2H2;1H3,(H,3,4). The predicted octanol–water partition coefficient (Wildman–Crippen LogP) is 4.06. The lowest BCUT2D eigenvalue weighted by molar-refractivity contribution is -0.160. The highest BCUT2D eigenvalue weighted by atomic mass is 79.9. The molecule has 16 heteroatoms. The summed E-state index contributed by atoms with van der Waals surface area (Å²) >= 11 is 6.73. The molecule has 1 aliphatic heterocycles. The van der Waals surface area contributed by atoms with E-state index in [9.17, 15) is 0 Å². The molecule has 0 aliphatic carbocycles. The highest BCUT2D eigenvalue weighted by Gasteiger charge is 2.19. The second kappa shape index (κ2) is 20.5. The molecule has 2 unspecified atom stereocenters. The fourth-order valence-electron chi connectivity index (χ4n) is 3.77. The summed E-state index contributed by atoms with van der Waals surface area (Å²) in [5.41, 5.74) is 8.95. The second-order valence-electron chi connectivity index (χ2n) is 10.2. The van der Waals surface area contributed by atoms with Gasteiger partial charge in [0.1, 0.15) is 17.5 Å². The van der Waals surface area contributed by atoms with Crippen LogP contribution in [-0.4, -0.2) is 75.1 Å². The molecule has 48 heavy (non-hydrogen) atoms. The summed E-state index contributed by atoms with van der Waals surface area (Å²) in [6.45, 7) is 6.93. The fraction of sp³-hybridized carbons (Fsp3) is 0.250. The molecule has 5 aromatic rings. The maximum atomic E-state index is 9.03. The molecule has 2 atom stereocenters. The van der Waals surface area contributed by atoms with E-state index in [1.165, 1.54) is 11.8 Å². The van der Waals surface area contributed by atoms with Gasteiger partial charge in [-0.3, -0.25) is 4.79 Å². The minimum Gasteiger partial charge on any atom is -0.481 e. The number of rotatable bonds is 3. The maximum absolute atomic E-state index is 9.03. The third-order valence-corrected chi connectivity index (χ3v) is 7.89. The number of pyridine rings is 3. The number of hydrogen-bond acceptors (Lipinski definition) is 10. The van der Waals surface area contributed by atoms with Crippen molar-refractivity contribution >= 4 is 56.2 Å². The summed E-state index contributed by atoms with van der Waals surface area (Å²) in [7, 11) is -1.46. The number of carboxylic acid groups (broad SMARTS) is 1. The molecule has 1 fully saturated rings. The van der Waals surface area contributed by atoms with Crippen molar-refractivity contribution < 1.29 is 34.9 Å². The zero-order valence-corrected chi connectivity index (χ0v) is 30.0. The van der Waals surface area contributed by atoms with E-state index >= 15 is 0 Å². The van der Waals surface area contributed by atoms with E-state index in [1.54, 1.807) is 6.20 Å². The number of nitrogens with two attached hydrogens (primary N) is 1. The van der Waals surface area contributed by atoms with Gasteiger partial charge in [-0.05, 0) is 112 Å². The lowest BCUT2D eigenvalue weighted by Crippen LogP contribution is -2.32. The number of carboxylic acids is 1. The van der Waals surface area contributed by atoms with Gasteiger partial charge in [-0.15, -0.1) is 0 Å². The largest absolute Gasteiger partial charge is 0.490 e. The Morgan fingerprint density at radius 3 is 1.52 bits per heavy atom. The Morgan fingerprint density at radius 2 is 1.19 bits per heavy atom. The van der Waals surface area contributed by atoms with Gasteiger partial charge in [0.25, 0.3) is 5.97 Å². The zero-order valence-electron chi connectivity index (χ0n) is 26.9. The molecule has 1 aliphatic rings. The van der Waals surface area contributed by atoms with Gasteiger partial charge < -0.3 is 45.0 Å². The van der Waals surface area contributed by atoms with Gasteiger partial charge in [0, 0.05) is 77.6 Å². The van der Waals surface area contributed by atoms with Crippen molar-refractivity contribution in [2.45, 2.75) is 53.1 Å². The Morgan fingerprint density at radius 1 is 0.792 bits per heavy atom. The number of aryl methyl sites for hydroxylation is 3. The van der Waals surface area contributed by atoms with Crippen LogP contribution in [0.5, 0.6) is 0 Å². The molecule has 256 valence electrons.